The van der Waals surface area contributed by atoms with Gasteiger partial charge in [-0.15, -0.1) is 0 Å². The van der Waals surface area contributed by atoms with E-state index in [2.05, 4.69) is 5.10 Å². The van der Waals surface area contributed by atoms with Crippen LogP contribution in [0.4, 0.5) is 0 Å². The monoisotopic (exact) mass is 138 g/mol. The summed E-state index contributed by atoms with van der Waals surface area (Å²) in [6, 6.07) is 0. The standard InChI is InChI=1S/C7H10N2O/c1-5-6-3-10-4-7(6)9(2)8-5/h3-4H2,1-2H3. The molecular formula is C7H10N2O. The highest BCUT2D eigenvalue weighted by atomic mass is 16.5. The molecule has 0 bridgehead atoms. The number of ether oxygens (including phenoxy) is 1. The zero-order valence-electron chi connectivity index (χ0n) is 6.22. The van der Waals surface area contributed by atoms with Crippen LogP contribution in [0.3, 0.4) is 0 Å². The van der Waals surface area contributed by atoms with Gasteiger partial charge in [-0.3, -0.25) is 4.68 Å². The van der Waals surface area contributed by atoms with Crippen molar-refractivity contribution in [2.45, 2.75) is 20.1 Å². The van der Waals surface area contributed by atoms with Crippen molar-refractivity contribution in [3.8, 4) is 0 Å². The second-order valence-corrected chi connectivity index (χ2v) is 2.63. The molecule has 0 amide bonds. The van der Waals surface area contributed by atoms with Gasteiger partial charge in [0.2, 0.25) is 0 Å². The SMILES string of the molecule is Cc1nn(C)c2c1COC2. The summed E-state index contributed by atoms with van der Waals surface area (Å²) >= 11 is 0. The van der Waals surface area contributed by atoms with Crippen molar-refractivity contribution in [2.75, 3.05) is 0 Å². The maximum Gasteiger partial charge on any atom is 0.0893 e. The highest BCUT2D eigenvalue weighted by Crippen LogP contribution is 2.21. The lowest BCUT2D eigenvalue weighted by molar-refractivity contribution is 0.129. The summed E-state index contributed by atoms with van der Waals surface area (Å²) < 4.78 is 7.16. The van der Waals surface area contributed by atoms with Crippen LogP contribution in [0.15, 0.2) is 0 Å². The van der Waals surface area contributed by atoms with Crippen LogP contribution in [-0.2, 0) is 25.0 Å². The molecule has 0 saturated heterocycles. The minimum absolute atomic E-state index is 0.729. The summed E-state index contributed by atoms with van der Waals surface area (Å²) in [5.74, 6) is 0. The average Bonchev–Trinajstić information content (AvgIpc) is 2.39. The molecule has 0 spiro atoms. The molecule has 0 saturated carbocycles. The number of rotatable bonds is 0. The van der Waals surface area contributed by atoms with Crippen molar-refractivity contribution in [2.24, 2.45) is 7.05 Å². The van der Waals surface area contributed by atoms with Gasteiger partial charge in [0.25, 0.3) is 0 Å². The molecule has 0 radical (unpaired) electrons. The highest BCUT2D eigenvalue weighted by molar-refractivity contribution is 5.26. The average molecular weight is 138 g/mol. The van der Waals surface area contributed by atoms with Crippen molar-refractivity contribution < 1.29 is 4.74 Å². The van der Waals surface area contributed by atoms with Gasteiger partial charge < -0.3 is 4.74 Å². The third kappa shape index (κ3) is 0.609. The Morgan fingerprint density at radius 1 is 1.50 bits per heavy atom. The Bertz CT molecular complexity index is 240. The lowest BCUT2D eigenvalue weighted by Crippen LogP contribution is -1.96. The van der Waals surface area contributed by atoms with Gasteiger partial charge in [-0.05, 0) is 6.92 Å². The van der Waals surface area contributed by atoms with Gasteiger partial charge in [0.1, 0.15) is 0 Å². The molecular weight excluding hydrogens is 128 g/mol. The fraction of sp³-hybridized carbons (Fsp3) is 0.571. The van der Waals surface area contributed by atoms with E-state index in [0.717, 1.165) is 18.9 Å². The molecule has 3 heteroatoms. The van der Waals surface area contributed by atoms with Gasteiger partial charge in [0.05, 0.1) is 24.6 Å². The normalized spacial score (nSPS) is 15.8. The highest BCUT2D eigenvalue weighted by Gasteiger charge is 2.18. The van der Waals surface area contributed by atoms with Gasteiger partial charge in [-0.2, -0.15) is 5.10 Å². The Morgan fingerprint density at radius 2 is 2.30 bits per heavy atom. The first kappa shape index (κ1) is 5.92. The fourth-order valence-corrected chi connectivity index (χ4v) is 1.37. The van der Waals surface area contributed by atoms with E-state index >= 15 is 0 Å². The molecule has 0 unspecified atom stereocenters. The molecule has 0 aliphatic carbocycles. The minimum atomic E-state index is 0.729. The van der Waals surface area contributed by atoms with Crippen LogP contribution in [0.25, 0.3) is 0 Å². The van der Waals surface area contributed by atoms with Crippen molar-refractivity contribution >= 4 is 0 Å². The maximum atomic E-state index is 5.26. The van der Waals surface area contributed by atoms with Crippen LogP contribution in [0, 0.1) is 6.92 Å². The van der Waals surface area contributed by atoms with E-state index in [1.807, 2.05) is 18.7 Å². The van der Waals surface area contributed by atoms with Crippen LogP contribution in [0.2, 0.25) is 0 Å². The van der Waals surface area contributed by atoms with E-state index < -0.39 is 0 Å². The summed E-state index contributed by atoms with van der Waals surface area (Å²) in [6.07, 6.45) is 0. The number of fused-ring (bicyclic) bond motifs is 1. The van der Waals surface area contributed by atoms with E-state index in [1.54, 1.807) is 0 Å². The second kappa shape index (κ2) is 1.83. The van der Waals surface area contributed by atoms with Gasteiger partial charge in [0, 0.05) is 12.6 Å². The number of aryl methyl sites for hydroxylation is 2. The second-order valence-electron chi connectivity index (χ2n) is 2.63. The molecule has 0 atom stereocenters. The van der Waals surface area contributed by atoms with Crippen molar-refractivity contribution in [1.82, 2.24) is 9.78 Å². The van der Waals surface area contributed by atoms with E-state index in [1.165, 1.54) is 11.3 Å². The van der Waals surface area contributed by atoms with E-state index in [-0.39, 0.29) is 0 Å². The Morgan fingerprint density at radius 3 is 3.00 bits per heavy atom. The number of aromatic nitrogens is 2. The smallest absolute Gasteiger partial charge is 0.0893 e. The summed E-state index contributed by atoms with van der Waals surface area (Å²) in [6.45, 7) is 3.50. The minimum Gasteiger partial charge on any atom is -0.370 e. The van der Waals surface area contributed by atoms with Gasteiger partial charge in [-0.1, -0.05) is 0 Å². The Kier molecular flexibility index (Phi) is 1.08. The zero-order valence-corrected chi connectivity index (χ0v) is 6.22. The van der Waals surface area contributed by atoms with Crippen molar-refractivity contribution in [1.29, 1.82) is 0 Å². The van der Waals surface area contributed by atoms with Crippen molar-refractivity contribution in [3.63, 3.8) is 0 Å². The number of nitrogens with zero attached hydrogens (tertiary/aromatic N) is 2. The largest absolute Gasteiger partial charge is 0.370 e. The quantitative estimate of drug-likeness (QED) is 0.529. The van der Waals surface area contributed by atoms with Crippen LogP contribution >= 0.6 is 0 Å². The topological polar surface area (TPSA) is 27.1 Å². The predicted molar refractivity (Wildman–Crippen MR) is 36.4 cm³/mol. The number of hydrogen-bond acceptors (Lipinski definition) is 2. The molecule has 1 aromatic heterocycles. The molecule has 1 aliphatic heterocycles. The van der Waals surface area contributed by atoms with Crippen LogP contribution in [0.5, 0.6) is 0 Å². The summed E-state index contributed by atoms with van der Waals surface area (Å²) in [4.78, 5) is 0. The predicted octanol–water partition coefficient (Wildman–Crippen LogP) is 0.759. The van der Waals surface area contributed by atoms with Gasteiger partial charge in [-0.25, -0.2) is 0 Å². The van der Waals surface area contributed by atoms with Crippen molar-refractivity contribution in [3.05, 3.63) is 17.0 Å². The third-order valence-electron chi connectivity index (χ3n) is 1.96. The summed E-state index contributed by atoms with van der Waals surface area (Å²) in [5.41, 5.74) is 3.62. The zero-order chi connectivity index (χ0) is 7.14. The summed E-state index contributed by atoms with van der Waals surface area (Å²) in [7, 11) is 1.96. The molecule has 10 heavy (non-hydrogen) atoms. The first-order valence-electron chi connectivity index (χ1n) is 3.38. The van der Waals surface area contributed by atoms with E-state index in [0.29, 0.717) is 0 Å². The first-order valence-corrected chi connectivity index (χ1v) is 3.38. The summed E-state index contributed by atoms with van der Waals surface area (Å²) in [5, 5.41) is 4.27. The maximum absolute atomic E-state index is 5.26. The van der Waals surface area contributed by atoms with Gasteiger partial charge in [0.15, 0.2) is 0 Å². The molecule has 1 aliphatic rings. The Balaban J connectivity index is 2.61. The fourth-order valence-electron chi connectivity index (χ4n) is 1.37. The van der Waals surface area contributed by atoms with Gasteiger partial charge >= 0.3 is 0 Å². The lowest BCUT2D eigenvalue weighted by atomic mass is 10.2. The Hall–Kier alpha value is -0.830. The molecule has 2 heterocycles. The lowest BCUT2D eigenvalue weighted by Gasteiger charge is -1.92. The molecule has 1 aromatic rings. The van der Waals surface area contributed by atoms with Crippen LogP contribution in [0.1, 0.15) is 17.0 Å². The molecule has 0 fully saturated rings. The molecule has 3 nitrogen and oxygen atoms in total. The number of hydrogen-bond donors (Lipinski definition) is 0. The van der Waals surface area contributed by atoms with E-state index in [9.17, 15) is 0 Å². The molecule has 54 valence electrons. The Labute approximate surface area is 59.6 Å². The van der Waals surface area contributed by atoms with E-state index in [4.69, 9.17) is 4.74 Å². The van der Waals surface area contributed by atoms with Crippen LogP contribution in [-0.4, -0.2) is 9.78 Å². The third-order valence-corrected chi connectivity index (χ3v) is 1.96. The molecule has 0 aromatic carbocycles. The van der Waals surface area contributed by atoms with Crippen LogP contribution < -0.4 is 0 Å². The molecule has 2 rings (SSSR count). The first-order chi connectivity index (χ1) is 4.79. The molecule has 0 N–H and O–H groups in total.